The maximum absolute atomic E-state index is 13.8. The van der Waals surface area contributed by atoms with E-state index >= 15 is 0 Å². The highest BCUT2D eigenvalue weighted by atomic mass is 19.3. The molecule has 2 heterocycles. The lowest BCUT2D eigenvalue weighted by atomic mass is 10.1. The number of rotatable bonds is 6. The van der Waals surface area contributed by atoms with Crippen molar-refractivity contribution in [3.05, 3.63) is 35.5 Å². The minimum atomic E-state index is -2.74. The number of carbonyl (C=O) groups is 1. The Bertz CT molecular complexity index is 1030. The van der Waals surface area contributed by atoms with Crippen LogP contribution < -0.4 is 9.47 Å². The van der Waals surface area contributed by atoms with Crippen LogP contribution in [-0.2, 0) is 16.1 Å². The van der Waals surface area contributed by atoms with Gasteiger partial charge in [0, 0.05) is 11.1 Å². The summed E-state index contributed by atoms with van der Waals surface area (Å²) < 4.78 is 44.0. The molecule has 0 N–H and O–H groups in total. The van der Waals surface area contributed by atoms with Crippen LogP contribution in [0.25, 0.3) is 22.3 Å². The molecule has 3 rings (SSSR count). The lowest BCUT2D eigenvalue weighted by Gasteiger charge is -2.11. The van der Waals surface area contributed by atoms with Gasteiger partial charge in [-0.3, -0.25) is 4.79 Å². The van der Waals surface area contributed by atoms with Crippen molar-refractivity contribution in [1.29, 1.82) is 0 Å². The number of hydrogen-bond donors (Lipinski definition) is 0. The first-order chi connectivity index (χ1) is 13.4. The third-order valence-electron chi connectivity index (χ3n) is 4.33. The molecule has 0 saturated carbocycles. The zero-order valence-corrected chi connectivity index (χ0v) is 15.8. The normalized spacial score (nSPS) is 11.1. The Balaban J connectivity index is 2.24. The topological polar surface area (TPSA) is 75.5 Å². The van der Waals surface area contributed by atoms with Crippen LogP contribution in [0.15, 0.2) is 24.3 Å². The largest absolute Gasteiger partial charge is 0.493 e. The fraction of sp³-hybridized carbons (Fsp3) is 0.316. The average Bonchev–Trinajstić information content (AvgIpc) is 3.01. The van der Waals surface area contributed by atoms with E-state index in [1.165, 1.54) is 32.1 Å². The minimum absolute atomic E-state index is 0.186. The Hall–Kier alpha value is -3.23. The Morgan fingerprint density at radius 3 is 2.46 bits per heavy atom. The number of fused-ring (bicyclic) bond motifs is 1. The Morgan fingerprint density at radius 2 is 1.86 bits per heavy atom. The first kappa shape index (κ1) is 19.5. The average molecular weight is 391 g/mol. The maximum atomic E-state index is 13.8. The fourth-order valence-corrected chi connectivity index (χ4v) is 3.00. The predicted octanol–water partition coefficient (Wildman–Crippen LogP) is 3.53. The fourth-order valence-electron chi connectivity index (χ4n) is 3.00. The highest BCUT2D eigenvalue weighted by molar-refractivity contribution is 5.86. The molecule has 0 saturated heterocycles. The lowest BCUT2D eigenvalue weighted by Crippen LogP contribution is -2.13. The number of halogens is 2. The number of aromatic nitrogens is 3. The molecule has 148 valence electrons. The highest BCUT2D eigenvalue weighted by Crippen LogP contribution is 2.36. The second kappa shape index (κ2) is 7.79. The Labute approximate surface area is 159 Å². The van der Waals surface area contributed by atoms with Crippen LogP contribution in [0.5, 0.6) is 11.5 Å². The number of aryl methyl sites for hydroxylation is 1. The van der Waals surface area contributed by atoms with E-state index in [0.29, 0.717) is 28.5 Å². The molecule has 1 aromatic carbocycles. The Morgan fingerprint density at radius 1 is 1.14 bits per heavy atom. The van der Waals surface area contributed by atoms with Gasteiger partial charge in [0.2, 0.25) is 0 Å². The van der Waals surface area contributed by atoms with E-state index in [-0.39, 0.29) is 23.1 Å². The molecule has 0 radical (unpaired) electrons. The van der Waals surface area contributed by atoms with Crippen LogP contribution in [-0.4, -0.2) is 42.1 Å². The van der Waals surface area contributed by atoms with Gasteiger partial charge in [-0.05, 0) is 31.2 Å². The number of hydrogen-bond acceptors (Lipinski definition) is 6. The molecule has 0 aliphatic heterocycles. The molecule has 7 nitrogen and oxygen atoms in total. The molecule has 0 amide bonds. The summed E-state index contributed by atoms with van der Waals surface area (Å²) in [4.78, 5) is 16.2. The molecule has 0 fully saturated rings. The van der Waals surface area contributed by atoms with Crippen molar-refractivity contribution in [2.75, 3.05) is 21.3 Å². The van der Waals surface area contributed by atoms with Gasteiger partial charge in [-0.2, -0.15) is 5.10 Å². The summed E-state index contributed by atoms with van der Waals surface area (Å²) in [6.45, 7) is 1.37. The first-order valence-corrected chi connectivity index (χ1v) is 8.35. The molecular weight excluding hydrogens is 372 g/mol. The van der Waals surface area contributed by atoms with Gasteiger partial charge in [0.25, 0.3) is 6.43 Å². The molecule has 0 bridgehead atoms. The number of ether oxygens (including phenoxy) is 3. The van der Waals surface area contributed by atoms with Gasteiger partial charge in [0.1, 0.15) is 6.54 Å². The smallest absolute Gasteiger partial charge is 0.327 e. The summed E-state index contributed by atoms with van der Waals surface area (Å²) >= 11 is 0. The van der Waals surface area contributed by atoms with Crippen molar-refractivity contribution in [2.24, 2.45) is 0 Å². The van der Waals surface area contributed by atoms with Gasteiger partial charge >= 0.3 is 5.97 Å². The van der Waals surface area contributed by atoms with Crippen molar-refractivity contribution < 1.29 is 27.8 Å². The van der Waals surface area contributed by atoms with Crippen LogP contribution in [0.3, 0.4) is 0 Å². The van der Waals surface area contributed by atoms with Gasteiger partial charge in [0.05, 0.1) is 38.1 Å². The highest BCUT2D eigenvalue weighted by Gasteiger charge is 2.22. The van der Waals surface area contributed by atoms with Crippen LogP contribution in [0.1, 0.15) is 17.7 Å². The van der Waals surface area contributed by atoms with Crippen molar-refractivity contribution in [3.63, 3.8) is 0 Å². The summed E-state index contributed by atoms with van der Waals surface area (Å²) in [6, 6.07) is 6.33. The van der Waals surface area contributed by atoms with Crippen molar-refractivity contribution in [1.82, 2.24) is 14.8 Å². The van der Waals surface area contributed by atoms with E-state index in [0.717, 1.165) is 0 Å². The van der Waals surface area contributed by atoms with E-state index in [1.54, 1.807) is 25.1 Å². The van der Waals surface area contributed by atoms with E-state index in [9.17, 15) is 13.6 Å². The molecule has 28 heavy (non-hydrogen) atoms. The van der Waals surface area contributed by atoms with Crippen LogP contribution in [0.4, 0.5) is 8.78 Å². The summed E-state index contributed by atoms with van der Waals surface area (Å²) in [5, 5.41) is 4.42. The quantitative estimate of drug-likeness (QED) is 0.599. The SMILES string of the molecule is COC(=O)Cn1nc(C)c2c(C(F)F)cc(-c3ccc(OC)c(OC)c3)nc21. The second-order valence-corrected chi connectivity index (χ2v) is 5.98. The van der Waals surface area contributed by atoms with Crippen LogP contribution >= 0.6 is 0 Å². The summed E-state index contributed by atoms with van der Waals surface area (Å²) in [5.74, 6) is 0.397. The molecule has 9 heteroatoms. The molecule has 0 unspecified atom stereocenters. The van der Waals surface area contributed by atoms with E-state index in [1.807, 2.05) is 0 Å². The Kier molecular flexibility index (Phi) is 5.43. The molecule has 0 atom stereocenters. The van der Waals surface area contributed by atoms with Crippen molar-refractivity contribution in [3.8, 4) is 22.8 Å². The number of alkyl halides is 2. The summed E-state index contributed by atoms with van der Waals surface area (Å²) in [5.41, 5.74) is 1.20. The van der Waals surface area contributed by atoms with Gasteiger partial charge in [-0.15, -0.1) is 0 Å². The number of pyridine rings is 1. The lowest BCUT2D eigenvalue weighted by molar-refractivity contribution is -0.141. The number of nitrogens with zero attached hydrogens (tertiary/aromatic N) is 3. The number of esters is 1. The summed E-state index contributed by atoms with van der Waals surface area (Å²) in [6.07, 6.45) is -2.74. The van der Waals surface area contributed by atoms with E-state index in [4.69, 9.17) is 9.47 Å². The third-order valence-corrected chi connectivity index (χ3v) is 4.33. The van der Waals surface area contributed by atoms with Gasteiger partial charge in [-0.25, -0.2) is 18.4 Å². The minimum Gasteiger partial charge on any atom is -0.493 e. The predicted molar refractivity (Wildman–Crippen MR) is 97.8 cm³/mol. The maximum Gasteiger partial charge on any atom is 0.327 e. The first-order valence-electron chi connectivity index (χ1n) is 8.35. The third kappa shape index (κ3) is 3.47. The zero-order chi connectivity index (χ0) is 20.4. The molecule has 0 spiro atoms. The van der Waals surface area contributed by atoms with Crippen LogP contribution in [0, 0.1) is 6.92 Å². The van der Waals surface area contributed by atoms with Crippen molar-refractivity contribution >= 4 is 17.0 Å². The van der Waals surface area contributed by atoms with E-state index in [2.05, 4.69) is 14.8 Å². The molecule has 3 aromatic rings. The molecule has 2 aromatic heterocycles. The standard InChI is InChI=1S/C19H19F2N3O4/c1-10-17-12(18(20)21)8-13(11-5-6-14(26-2)15(7-11)27-3)22-19(17)24(23-10)9-16(25)28-4/h5-8,18H,9H2,1-4H3. The zero-order valence-electron chi connectivity index (χ0n) is 15.8. The number of carbonyl (C=O) groups excluding carboxylic acids is 1. The van der Waals surface area contributed by atoms with Crippen LogP contribution in [0.2, 0.25) is 0 Å². The molecule has 0 aliphatic carbocycles. The number of benzene rings is 1. The van der Waals surface area contributed by atoms with E-state index < -0.39 is 12.4 Å². The second-order valence-electron chi connectivity index (χ2n) is 5.98. The van der Waals surface area contributed by atoms with Gasteiger partial charge < -0.3 is 14.2 Å². The monoisotopic (exact) mass is 391 g/mol. The number of methoxy groups -OCH3 is 3. The van der Waals surface area contributed by atoms with Gasteiger partial charge in [0.15, 0.2) is 17.1 Å². The van der Waals surface area contributed by atoms with Gasteiger partial charge in [-0.1, -0.05) is 0 Å². The molecular formula is C19H19F2N3O4. The summed E-state index contributed by atoms with van der Waals surface area (Å²) in [7, 11) is 4.23. The van der Waals surface area contributed by atoms with Crippen molar-refractivity contribution in [2.45, 2.75) is 19.9 Å². The molecule has 0 aliphatic rings.